The zero-order valence-corrected chi connectivity index (χ0v) is 19.9. The van der Waals surface area contributed by atoms with Crippen molar-refractivity contribution >= 4 is 12.0 Å². The predicted molar refractivity (Wildman–Crippen MR) is 129 cm³/mol. The molecule has 7 heteroatoms. The Labute approximate surface area is 199 Å². The molecule has 176 valence electrons. The number of hydrogen-bond acceptors (Lipinski definition) is 5. The highest BCUT2D eigenvalue weighted by atomic mass is 16.5. The van der Waals surface area contributed by atoms with Crippen LogP contribution in [0.4, 0.5) is 0 Å². The molecule has 1 aromatic heterocycles. The minimum absolute atomic E-state index is 0.0505. The van der Waals surface area contributed by atoms with Gasteiger partial charge in [0.05, 0.1) is 44.0 Å². The van der Waals surface area contributed by atoms with Gasteiger partial charge in [-0.25, -0.2) is 4.98 Å². The van der Waals surface area contributed by atoms with E-state index in [2.05, 4.69) is 4.98 Å². The molecule has 5 rings (SSSR count). The Hall–Kier alpha value is -3.74. The van der Waals surface area contributed by atoms with E-state index in [1.54, 1.807) is 19.5 Å². The summed E-state index contributed by atoms with van der Waals surface area (Å²) in [5.74, 6) is 1.74. The summed E-state index contributed by atoms with van der Waals surface area (Å²) in [6.07, 6.45) is 6.24. The van der Waals surface area contributed by atoms with Crippen LogP contribution in [0.15, 0.2) is 60.7 Å². The first-order valence-electron chi connectivity index (χ1n) is 11.5. The zero-order chi connectivity index (χ0) is 23.9. The number of para-hydroxylation sites is 1. The molecule has 1 amide bonds. The number of imidazole rings is 1. The maximum Gasteiger partial charge on any atom is 0.289 e. The number of nitrogens with zero attached hydrogens (tertiary/aromatic N) is 3. The summed E-state index contributed by atoms with van der Waals surface area (Å²) in [6.45, 7) is 7.05. The van der Waals surface area contributed by atoms with Gasteiger partial charge in [-0.05, 0) is 50.6 Å². The first-order valence-corrected chi connectivity index (χ1v) is 11.5. The molecule has 0 radical (unpaired) electrons. The van der Waals surface area contributed by atoms with Crippen molar-refractivity contribution in [3.63, 3.8) is 0 Å². The molecule has 0 saturated carbocycles. The Morgan fingerprint density at radius 2 is 2.03 bits per heavy atom. The first kappa shape index (κ1) is 22.1. The maximum absolute atomic E-state index is 13.6. The lowest BCUT2D eigenvalue weighted by atomic mass is 9.95. The van der Waals surface area contributed by atoms with Crippen LogP contribution in [0, 0.1) is 6.92 Å². The third-order valence-corrected chi connectivity index (χ3v) is 6.20. The summed E-state index contributed by atoms with van der Waals surface area (Å²) < 4.78 is 19.5. The number of hydrogen-bond donors (Lipinski definition) is 0. The van der Waals surface area contributed by atoms with E-state index in [-0.39, 0.29) is 11.9 Å². The molecule has 1 unspecified atom stereocenters. The van der Waals surface area contributed by atoms with Crippen molar-refractivity contribution in [3.05, 3.63) is 77.6 Å². The molecule has 3 heterocycles. The number of amides is 1. The van der Waals surface area contributed by atoms with Crippen molar-refractivity contribution in [1.82, 2.24) is 14.5 Å². The van der Waals surface area contributed by atoms with Gasteiger partial charge in [-0.1, -0.05) is 24.3 Å². The van der Waals surface area contributed by atoms with Crippen LogP contribution in [0.25, 0.3) is 11.8 Å². The number of aryl methyl sites for hydroxylation is 1. The molecule has 1 saturated heterocycles. The largest absolute Gasteiger partial charge is 0.495 e. The van der Waals surface area contributed by atoms with E-state index >= 15 is 0 Å². The highest BCUT2D eigenvalue weighted by Crippen LogP contribution is 2.40. The molecule has 0 bridgehead atoms. The molecular formula is C27H29N3O4. The average molecular weight is 460 g/mol. The van der Waals surface area contributed by atoms with Gasteiger partial charge in [0.1, 0.15) is 17.1 Å². The number of ether oxygens (including phenoxy) is 3. The number of morpholine rings is 1. The van der Waals surface area contributed by atoms with Crippen molar-refractivity contribution in [2.24, 2.45) is 0 Å². The van der Waals surface area contributed by atoms with Gasteiger partial charge >= 0.3 is 0 Å². The molecule has 7 nitrogen and oxygen atoms in total. The molecule has 2 aliphatic heterocycles. The second-order valence-corrected chi connectivity index (χ2v) is 9.35. The number of benzene rings is 2. The Morgan fingerprint density at radius 1 is 1.21 bits per heavy atom. The summed E-state index contributed by atoms with van der Waals surface area (Å²) >= 11 is 0. The van der Waals surface area contributed by atoms with Gasteiger partial charge in [0.25, 0.3) is 5.91 Å². The van der Waals surface area contributed by atoms with Crippen molar-refractivity contribution in [1.29, 1.82) is 0 Å². The maximum atomic E-state index is 13.6. The quantitative estimate of drug-likeness (QED) is 0.530. The molecule has 34 heavy (non-hydrogen) atoms. The molecule has 3 aromatic rings. The van der Waals surface area contributed by atoms with Gasteiger partial charge in [-0.15, -0.1) is 0 Å². The van der Waals surface area contributed by atoms with Crippen LogP contribution in [0.1, 0.15) is 43.1 Å². The number of methoxy groups -OCH3 is 1. The molecule has 1 fully saturated rings. The van der Waals surface area contributed by atoms with E-state index in [0.29, 0.717) is 24.7 Å². The second-order valence-electron chi connectivity index (χ2n) is 9.35. The minimum Gasteiger partial charge on any atom is -0.495 e. The lowest BCUT2D eigenvalue weighted by molar-refractivity contribution is -0.150. The van der Waals surface area contributed by atoms with Crippen molar-refractivity contribution in [2.45, 2.75) is 38.8 Å². The zero-order valence-electron chi connectivity index (χ0n) is 19.9. The molecule has 1 atom stereocenters. The number of carbonyl (C=O) groups excluding carboxylic acids is 1. The van der Waals surface area contributed by atoms with E-state index in [1.807, 2.05) is 78.9 Å². The number of rotatable bonds is 4. The molecular weight excluding hydrogens is 430 g/mol. The van der Waals surface area contributed by atoms with Gasteiger partial charge in [-0.3, -0.25) is 4.79 Å². The standard InChI is InChI=1S/C27H29N3O4/c1-18-15-29(17-28-18)22-10-9-19(13-24(22)32-4)14-25-26(31)30(16-27(2,3)34-25)21-11-12-33-23-8-6-5-7-20(21)23/h5-10,13-15,17,21H,11-12,16H2,1-4H3. The van der Waals surface area contributed by atoms with Crippen LogP contribution in [0.2, 0.25) is 0 Å². The Bertz CT molecular complexity index is 1260. The van der Waals surface area contributed by atoms with E-state index < -0.39 is 5.60 Å². The van der Waals surface area contributed by atoms with Gasteiger partial charge < -0.3 is 23.7 Å². The van der Waals surface area contributed by atoms with E-state index in [4.69, 9.17) is 14.2 Å². The van der Waals surface area contributed by atoms with E-state index in [0.717, 1.165) is 34.7 Å². The molecule has 0 spiro atoms. The number of fused-ring (bicyclic) bond motifs is 1. The number of carbonyl (C=O) groups is 1. The molecule has 2 aromatic carbocycles. The lowest BCUT2D eigenvalue weighted by Gasteiger charge is -2.44. The van der Waals surface area contributed by atoms with Gasteiger partial charge in [0, 0.05) is 18.2 Å². The van der Waals surface area contributed by atoms with Crippen LogP contribution in [-0.4, -0.2) is 46.2 Å². The second kappa shape index (κ2) is 8.56. The minimum atomic E-state index is -0.522. The molecule has 0 N–H and O–H groups in total. The van der Waals surface area contributed by atoms with Crippen LogP contribution in [-0.2, 0) is 9.53 Å². The predicted octanol–water partition coefficient (Wildman–Crippen LogP) is 4.69. The van der Waals surface area contributed by atoms with Gasteiger partial charge in [0.2, 0.25) is 0 Å². The third-order valence-electron chi connectivity index (χ3n) is 6.20. The van der Waals surface area contributed by atoms with Crippen molar-refractivity contribution in [3.8, 4) is 17.2 Å². The summed E-state index contributed by atoms with van der Waals surface area (Å²) in [7, 11) is 1.63. The van der Waals surface area contributed by atoms with Crippen molar-refractivity contribution < 1.29 is 19.0 Å². The van der Waals surface area contributed by atoms with Gasteiger partial charge in [-0.2, -0.15) is 0 Å². The van der Waals surface area contributed by atoms with Crippen LogP contribution in [0.5, 0.6) is 11.5 Å². The molecule has 0 aliphatic carbocycles. The van der Waals surface area contributed by atoms with Crippen LogP contribution >= 0.6 is 0 Å². The summed E-state index contributed by atoms with van der Waals surface area (Å²) in [6, 6.07) is 13.7. The van der Waals surface area contributed by atoms with E-state index in [1.165, 1.54) is 0 Å². The third kappa shape index (κ3) is 4.14. The summed E-state index contributed by atoms with van der Waals surface area (Å²) in [4.78, 5) is 19.8. The SMILES string of the molecule is COc1cc(C=C2OC(C)(C)CN(C3CCOc4ccccc43)C2=O)ccc1-n1cnc(C)c1. The monoisotopic (exact) mass is 459 g/mol. The summed E-state index contributed by atoms with van der Waals surface area (Å²) in [5, 5.41) is 0. The van der Waals surface area contributed by atoms with Crippen LogP contribution < -0.4 is 9.47 Å². The fourth-order valence-electron chi connectivity index (χ4n) is 4.69. The highest BCUT2D eigenvalue weighted by molar-refractivity contribution is 5.97. The fraction of sp³-hybridized carbons (Fsp3) is 0.333. The smallest absolute Gasteiger partial charge is 0.289 e. The average Bonchev–Trinajstić information content (AvgIpc) is 3.26. The Balaban J connectivity index is 1.49. The lowest BCUT2D eigenvalue weighted by Crippen LogP contribution is -2.52. The molecule has 2 aliphatic rings. The topological polar surface area (TPSA) is 65.8 Å². The Kier molecular flexibility index (Phi) is 5.55. The fourth-order valence-corrected chi connectivity index (χ4v) is 4.69. The van der Waals surface area contributed by atoms with Crippen molar-refractivity contribution in [2.75, 3.05) is 20.3 Å². The normalized spacial score (nSPS) is 20.5. The number of aromatic nitrogens is 2. The Morgan fingerprint density at radius 3 is 2.79 bits per heavy atom. The van der Waals surface area contributed by atoms with Crippen LogP contribution in [0.3, 0.4) is 0 Å². The summed E-state index contributed by atoms with van der Waals surface area (Å²) in [5.41, 5.74) is 3.14. The van der Waals surface area contributed by atoms with E-state index in [9.17, 15) is 4.79 Å². The highest BCUT2D eigenvalue weighted by Gasteiger charge is 2.41. The van der Waals surface area contributed by atoms with Gasteiger partial charge in [0.15, 0.2) is 5.76 Å². The first-order chi connectivity index (χ1) is 16.3.